The van der Waals surface area contributed by atoms with Gasteiger partial charge in [0.05, 0.1) is 0 Å². The Morgan fingerprint density at radius 3 is 2.57 bits per heavy atom. The molecule has 4 nitrogen and oxygen atoms in total. The Labute approximate surface area is 136 Å². The molecule has 0 saturated carbocycles. The number of anilines is 2. The van der Waals surface area contributed by atoms with Gasteiger partial charge < -0.3 is 0 Å². The van der Waals surface area contributed by atoms with Gasteiger partial charge in [0.2, 0.25) is 5.95 Å². The molecular weight excluding hydrogens is 284 g/mol. The van der Waals surface area contributed by atoms with Crippen LogP contribution in [0.2, 0.25) is 0 Å². The predicted molar refractivity (Wildman–Crippen MR) is 94.6 cm³/mol. The smallest absolute Gasteiger partial charge is 0.231 e. The van der Waals surface area contributed by atoms with Crippen molar-refractivity contribution < 1.29 is 0 Å². The highest BCUT2D eigenvalue weighted by molar-refractivity contribution is 5.74. The fourth-order valence-electron chi connectivity index (χ4n) is 3.21. The highest BCUT2D eigenvalue weighted by atomic mass is 15.7. The van der Waals surface area contributed by atoms with Crippen LogP contribution < -0.4 is 9.91 Å². The molecule has 0 bridgehead atoms. The lowest BCUT2D eigenvalue weighted by molar-refractivity contribution is 0.621. The second kappa shape index (κ2) is 5.16. The SMILES string of the molecule is Cc1ccc(-c2ccccc2)cc1N1c2nccn2N(C)[C@@H]1C. The van der Waals surface area contributed by atoms with E-state index in [-0.39, 0.29) is 6.17 Å². The zero-order valence-electron chi connectivity index (χ0n) is 13.6. The first-order valence-corrected chi connectivity index (χ1v) is 7.88. The average Bonchev–Trinajstić information content (AvgIpc) is 3.13. The van der Waals surface area contributed by atoms with Crippen molar-refractivity contribution in [1.82, 2.24) is 9.66 Å². The van der Waals surface area contributed by atoms with Crippen LogP contribution in [0.15, 0.2) is 60.9 Å². The average molecular weight is 304 g/mol. The second-order valence-corrected chi connectivity index (χ2v) is 6.01. The topological polar surface area (TPSA) is 24.3 Å². The van der Waals surface area contributed by atoms with Crippen LogP contribution in [0.5, 0.6) is 0 Å². The zero-order valence-corrected chi connectivity index (χ0v) is 13.6. The Balaban J connectivity index is 1.84. The van der Waals surface area contributed by atoms with Crippen LogP contribution in [0.1, 0.15) is 12.5 Å². The van der Waals surface area contributed by atoms with Gasteiger partial charge in [-0.2, -0.15) is 0 Å². The van der Waals surface area contributed by atoms with Crippen LogP contribution in [0.25, 0.3) is 11.1 Å². The molecule has 0 saturated heterocycles. The number of fused-ring (bicyclic) bond motifs is 1. The van der Waals surface area contributed by atoms with Gasteiger partial charge >= 0.3 is 0 Å². The maximum atomic E-state index is 4.55. The van der Waals surface area contributed by atoms with E-state index < -0.39 is 0 Å². The molecule has 0 radical (unpaired) electrons. The summed E-state index contributed by atoms with van der Waals surface area (Å²) in [4.78, 5) is 6.84. The Bertz CT molecular complexity index is 838. The van der Waals surface area contributed by atoms with Crippen LogP contribution in [0.3, 0.4) is 0 Å². The maximum absolute atomic E-state index is 4.55. The number of rotatable bonds is 2. The zero-order chi connectivity index (χ0) is 16.0. The molecule has 2 heterocycles. The molecule has 116 valence electrons. The molecule has 0 spiro atoms. The van der Waals surface area contributed by atoms with E-state index in [0.29, 0.717) is 0 Å². The van der Waals surface area contributed by atoms with Crippen LogP contribution in [-0.4, -0.2) is 22.9 Å². The number of benzene rings is 2. The largest absolute Gasteiger partial charge is 0.291 e. The molecule has 23 heavy (non-hydrogen) atoms. The van der Waals surface area contributed by atoms with Gasteiger partial charge in [-0.3, -0.25) is 9.91 Å². The minimum atomic E-state index is 0.225. The highest BCUT2D eigenvalue weighted by Crippen LogP contribution is 2.36. The number of hydrogen-bond acceptors (Lipinski definition) is 3. The third-order valence-electron chi connectivity index (χ3n) is 4.65. The van der Waals surface area contributed by atoms with Gasteiger partial charge in [-0.15, -0.1) is 0 Å². The fraction of sp³-hybridized carbons (Fsp3) is 0.211. The Morgan fingerprint density at radius 2 is 1.78 bits per heavy atom. The molecule has 0 fully saturated rings. The number of hydrogen-bond donors (Lipinski definition) is 0. The first-order chi connectivity index (χ1) is 11.2. The third kappa shape index (κ3) is 2.10. The summed E-state index contributed by atoms with van der Waals surface area (Å²) in [6.07, 6.45) is 4.08. The van der Waals surface area contributed by atoms with E-state index in [0.717, 1.165) is 5.95 Å². The monoisotopic (exact) mass is 304 g/mol. The van der Waals surface area contributed by atoms with E-state index >= 15 is 0 Å². The van der Waals surface area contributed by atoms with Crippen LogP contribution >= 0.6 is 0 Å². The minimum absolute atomic E-state index is 0.225. The van der Waals surface area contributed by atoms with Crippen molar-refractivity contribution in [3.63, 3.8) is 0 Å². The van der Waals surface area contributed by atoms with Gasteiger partial charge in [-0.05, 0) is 36.6 Å². The fourth-order valence-corrected chi connectivity index (χ4v) is 3.21. The molecule has 1 aliphatic rings. The summed E-state index contributed by atoms with van der Waals surface area (Å²) in [6, 6.07) is 17.1. The van der Waals surface area contributed by atoms with Crippen molar-refractivity contribution in [1.29, 1.82) is 0 Å². The summed E-state index contributed by atoms with van der Waals surface area (Å²) >= 11 is 0. The minimum Gasteiger partial charge on any atom is -0.291 e. The summed E-state index contributed by atoms with van der Waals surface area (Å²) in [5, 5.41) is 2.19. The quantitative estimate of drug-likeness (QED) is 0.717. The lowest BCUT2D eigenvalue weighted by Crippen LogP contribution is -2.39. The van der Waals surface area contributed by atoms with E-state index in [1.165, 1.54) is 22.4 Å². The normalized spacial score (nSPS) is 16.7. The Morgan fingerprint density at radius 1 is 1.00 bits per heavy atom. The third-order valence-corrected chi connectivity index (χ3v) is 4.65. The number of aryl methyl sites for hydroxylation is 1. The highest BCUT2D eigenvalue weighted by Gasteiger charge is 2.33. The van der Waals surface area contributed by atoms with Crippen LogP contribution in [0, 0.1) is 6.92 Å². The number of nitrogens with zero attached hydrogens (tertiary/aromatic N) is 4. The summed E-state index contributed by atoms with van der Waals surface area (Å²) in [6.45, 7) is 4.35. The van der Waals surface area contributed by atoms with Crippen molar-refractivity contribution >= 4 is 11.6 Å². The van der Waals surface area contributed by atoms with E-state index in [1.807, 2.05) is 18.5 Å². The summed E-state index contributed by atoms with van der Waals surface area (Å²) in [5.41, 5.74) is 4.92. The predicted octanol–water partition coefficient (Wildman–Crippen LogP) is 3.92. The van der Waals surface area contributed by atoms with E-state index in [2.05, 4.69) is 82.9 Å². The first kappa shape index (κ1) is 13.9. The molecule has 0 aliphatic carbocycles. The maximum Gasteiger partial charge on any atom is 0.231 e. The van der Waals surface area contributed by atoms with Crippen molar-refractivity contribution in [3.8, 4) is 11.1 Å². The van der Waals surface area contributed by atoms with E-state index in [4.69, 9.17) is 0 Å². The summed E-state index contributed by atoms with van der Waals surface area (Å²) in [7, 11) is 2.09. The van der Waals surface area contributed by atoms with Crippen molar-refractivity contribution in [3.05, 3.63) is 66.5 Å². The van der Waals surface area contributed by atoms with Gasteiger partial charge in [0.25, 0.3) is 0 Å². The van der Waals surface area contributed by atoms with Gasteiger partial charge in [0, 0.05) is 25.1 Å². The molecule has 1 aliphatic heterocycles. The molecule has 4 heteroatoms. The van der Waals surface area contributed by atoms with Gasteiger partial charge in [0.15, 0.2) is 0 Å². The van der Waals surface area contributed by atoms with Crippen molar-refractivity contribution in [2.75, 3.05) is 17.0 Å². The molecular formula is C19H20N4. The summed E-state index contributed by atoms with van der Waals surface area (Å²) < 4.78 is 2.10. The standard InChI is InChI=1S/C19H20N4/c1-14-9-10-17(16-7-5-4-6-8-16)13-18(14)23-15(2)21(3)22-12-11-20-19(22)23/h4-13,15H,1-3H3/t15-/m0/s1. The van der Waals surface area contributed by atoms with Crippen LogP contribution in [-0.2, 0) is 0 Å². The molecule has 2 aromatic carbocycles. The lowest BCUT2D eigenvalue weighted by atomic mass is 10.0. The molecule has 4 rings (SSSR count). The van der Waals surface area contributed by atoms with Crippen LogP contribution in [0.4, 0.5) is 11.6 Å². The second-order valence-electron chi connectivity index (χ2n) is 6.01. The van der Waals surface area contributed by atoms with E-state index in [9.17, 15) is 0 Å². The van der Waals surface area contributed by atoms with Gasteiger partial charge in [-0.25, -0.2) is 9.66 Å². The van der Waals surface area contributed by atoms with Gasteiger partial charge in [-0.1, -0.05) is 42.5 Å². The molecule has 3 aromatic rings. The molecule has 0 N–H and O–H groups in total. The van der Waals surface area contributed by atoms with Crippen molar-refractivity contribution in [2.45, 2.75) is 20.0 Å². The lowest BCUT2D eigenvalue weighted by Gasteiger charge is -2.27. The molecule has 1 aromatic heterocycles. The molecule has 0 unspecified atom stereocenters. The summed E-state index contributed by atoms with van der Waals surface area (Å²) in [5.74, 6) is 0.966. The Hall–Kier alpha value is -2.75. The van der Waals surface area contributed by atoms with Gasteiger partial charge in [0.1, 0.15) is 6.17 Å². The first-order valence-electron chi connectivity index (χ1n) is 7.88. The Kier molecular flexibility index (Phi) is 3.11. The number of aromatic nitrogens is 2. The van der Waals surface area contributed by atoms with E-state index in [1.54, 1.807) is 0 Å². The number of imidazole rings is 1. The molecule has 0 amide bonds. The molecule has 1 atom stereocenters. The van der Waals surface area contributed by atoms with Crippen molar-refractivity contribution in [2.24, 2.45) is 0 Å².